The van der Waals surface area contributed by atoms with Crippen LogP contribution in [0.15, 0.2) is 0 Å². The Morgan fingerprint density at radius 2 is 0.400 bits per heavy atom. The van der Waals surface area contributed by atoms with E-state index in [0.29, 0.717) is 0 Å². The summed E-state index contributed by atoms with van der Waals surface area (Å²) in [6, 6.07) is 0. The van der Waals surface area contributed by atoms with Gasteiger partial charge in [0.25, 0.3) is 0 Å². The number of rotatable bonds is 0. The predicted octanol–water partition coefficient (Wildman–Crippen LogP) is 2.31. The molecule has 0 radical (unpaired) electrons. The summed E-state index contributed by atoms with van der Waals surface area (Å²) in [5.74, 6) is 0. The summed E-state index contributed by atoms with van der Waals surface area (Å²) in [7, 11) is 0. The van der Waals surface area contributed by atoms with Crippen LogP contribution in [0.5, 0.6) is 0 Å². The fourth-order valence-corrected chi connectivity index (χ4v) is 0. The summed E-state index contributed by atoms with van der Waals surface area (Å²) in [4.78, 5) is 0. The van der Waals surface area contributed by atoms with Gasteiger partial charge in [-0.05, 0) is 0 Å². The Balaban J connectivity index is 0. The first-order chi connectivity index (χ1) is 0. The molecule has 0 aliphatic rings. The van der Waals surface area contributed by atoms with Crippen LogP contribution in [0.25, 0.3) is 0 Å². The molecule has 0 aromatic rings. The van der Waals surface area contributed by atoms with Gasteiger partial charge in [0.05, 0.1) is 0 Å². The van der Waals surface area contributed by atoms with Gasteiger partial charge in [-0.1, -0.05) is 0 Å². The van der Waals surface area contributed by atoms with Crippen LogP contribution >= 0.6 is 67.9 Å². The van der Waals surface area contributed by atoms with Gasteiger partial charge >= 0.3 is 0 Å². The van der Waals surface area contributed by atoms with E-state index >= 15 is 0 Å². The molecule has 0 spiro atoms. The smallest absolute Gasteiger partial charge is 0 e. The normalized spacial score (nSPS) is 0. The summed E-state index contributed by atoms with van der Waals surface area (Å²) in [5, 5.41) is 0. The molecule has 0 aliphatic carbocycles. The summed E-state index contributed by atoms with van der Waals surface area (Å²) in [6.07, 6.45) is 0. The third kappa shape index (κ3) is 19.9. The van der Waals surface area contributed by atoms with Gasteiger partial charge in [0.15, 0.2) is 0 Å². The molecule has 0 nitrogen and oxygen atoms in total. The molecular weight excluding hydrogens is 432 g/mol. The van der Waals surface area contributed by atoms with Crippen LogP contribution in [0.2, 0.25) is 0 Å². The summed E-state index contributed by atoms with van der Waals surface area (Å²) in [5.41, 5.74) is 0. The first-order valence-electron chi connectivity index (χ1n) is 0. The quantitative estimate of drug-likeness (QED) is 0.512. The second-order valence-corrected chi connectivity index (χ2v) is 0. The van der Waals surface area contributed by atoms with Gasteiger partial charge < -0.3 is 0 Å². The zero-order valence-electron chi connectivity index (χ0n) is 2.34. The van der Waals surface area contributed by atoms with Gasteiger partial charge in [-0.25, -0.2) is 0 Å². The van der Waals surface area contributed by atoms with Crippen molar-refractivity contribution in [3.63, 3.8) is 0 Å². The van der Waals surface area contributed by atoms with Crippen molar-refractivity contribution in [1.82, 2.24) is 0 Å². The zero-order chi connectivity index (χ0) is 0. The van der Waals surface area contributed by atoms with Crippen LogP contribution in [0.3, 0.4) is 0 Å². The monoisotopic (exact) mass is 434 g/mol. The van der Waals surface area contributed by atoms with Crippen LogP contribution in [0.4, 0.5) is 0 Å². The molecule has 0 amide bonds. The van der Waals surface area contributed by atoms with Gasteiger partial charge in [0.2, 0.25) is 0 Å². The number of halogens is 4. The Morgan fingerprint density at radius 3 is 0.400 bits per heavy atom. The Labute approximate surface area is 93.7 Å². The molecular formula is H4Br4Cd. The van der Waals surface area contributed by atoms with Crippen molar-refractivity contribution in [3.8, 4) is 0 Å². The van der Waals surface area contributed by atoms with Gasteiger partial charge in [0.1, 0.15) is 0 Å². The van der Waals surface area contributed by atoms with Gasteiger partial charge in [0, 0.05) is 27.3 Å². The molecule has 5 heavy (non-hydrogen) atoms. The maximum absolute atomic E-state index is 0. The maximum atomic E-state index is 0. The first-order valence-corrected chi connectivity index (χ1v) is 0. The van der Waals surface area contributed by atoms with E-state index < -0.39 is 0 Å². The Hall–Kier alpha value is 2.84. The van der Waals surface area contributed by atoms with Crippen molar-refractivity contribution < 1.29 is 27.3 Å². The molecule has 0 aromatic carbocycles. The predicted molar refractivity (Wildman–Crippen MR) is 41.3 cm³/mol. The standard InChI is InChI=1S/4BrH.Cd/h4*1H;. The van der Waals surface area contributed by atoms with E-state index in [9.17, 15) is 0 Å². The van der Waals surface area contributed by atoms with E-state index in [1.807, 2.05) is 0 Å². The fourth-order valence-electron chi connectivity index (χ4n) is 0. The molecule has 5 heteroatoms. The third-order valence-corrected chi connectivity index (χ3v) is 0. The van der Waals surface area contributed by atoms with E-state index in [2.05, 4.69) is 0 Å². The summed E-state index contributed by atoms with van der Waals surface area (Å²) >= 11 is 0. The minimum atomic E-state index is 0. The molecule has 0 aromatic heterocycles. The number of hydrogen-bond donors (Lipinski definition) is 0. The second kappa shape index (κ2) is 28.9. The zero-order valence-corrected chi connectivity index (χ0v) is 13.2. The first kappa shape index (κ1) is 45.5. The molecule has 34 valence electrons. The largest absolute Gasteiger partial charge is 0.114 e. The molecule has 0 heterocycles. The SMILES string of the molecule is Br.Br.Br.Br.[Cd]. The summed E-state index contributed by atoms with van der Waals surface area (Å²) < 4.78 is 0. The van der Waals surface area contributed by atoms with E-state index in [-0.39, 0.29) is 95.2 Å². The van der Waals surface area contributed by atoms with Gasteiger partial charge in [-0.2, -0.15) is 0 Å². The molecule has 0 atom stereocenters. The topological polar surface area (TPSA) is 0 Å². The van der Waals surface area contributed by atoms with Gasteiger partial charge in [-0.3, -0.25) is 0 Å². The van der Waals surface area contributed by atoms with Crippen LogP contribution < -0.4 is 0 Å². The van der Waals surface area contributed by atoms with Gasteiger partial charge in [-0.15, -0.1) is 67.9 Å². The molecule has 0 rings (SSSR count). The van der Waals surface area contributed by atoms with E-state index in [4.69, 9.17) is 0 Å². The molecule has 0 saturated heterocycles. The Morgan fingerprint density at radius 1 is 0.400 bits per heavy atom. The minimum absolute atomic E-state index is 0. The minimum Gasteiger partial charge on any atom is -0.114 e. The average Bonchev–Trinajstić information content (AvgIpc) is 0. The van der Waals surface area contributed by atoms with Crippen molar-refractivity contribution in [1.29, 1.82) is 0 Å². The van der Waals surface area contributed by atoms with Crippen LogP contribution in [-0.2, 0) is 27.3 Å². The molecule has 0 unspecified atom stereocenters. The molecule has 0 aliphatic heterocycles. The van der Waals surface area contributed by atoms with E-state index in [1.54, 1.807) is 0 Å². The van der Waals surface area contributed by atoms with Crippen LogP contribution in [0, 0.1) is 0 Å². The van der Waals surface area contributed by atoms with Crippen molar-refractivity contribution in [2.75, 3.05) is 0 Å². The van der Waals surface area contributed by atoms with E-state index in [1.165, 1.54) is 0 Å². The Bertz CT molecular complexity index is 3.61. The van der Waals surface area contributed by atoms with Crippen molar-refractivity contribution in [2.45, 2.75) is 0 Å². The molecule has 0 N–H and O–H groups in total. The van der Waals surface area contributed by atoms with Crippen molar-refractivity contribution >= 4 is 67.9 Å². The van der Waals surface area contributed by atoms with Crippen molar-refractivity contribution in [3.05, 3.63) is 0 Å². The molecule has 0 bridgehead atoms. The third-order valence-electron chi connectivity index (χ3n) is 0. The Kier molecular flexibility index (Phi) is 263. The van der Waals surface area contributed by atoms with Crippen LogP contribution in [-0.4, -0.2) is 0 Å². The maximum Gasteiger partial charge on any atom is 0 e. The number of hydrogen-bond acceptors (Lipinski definition) is 0. The fraction of sp³-hybridized carbons (Fsp3) is 0. The average molecular weight is 436 g/mol. The summed E-state index contributed by atoms with van der Waals surface area (Å²) in [6.45, 7) is 0. The second-order valence-electron chi connectivity index (χ2n) is 0. The molecule has 0 fully saturated rings. The van der Waals surface area contributed by atoms with Crippen LogP contribution in [0.1, 0.15) is 0 Å². The molecule has 0 saturated carbocycles. The van der Waals surface area contributed by atoms with E-state index in [0.717, 1.165) is 0 Å². The van der Waals surface area contributed by atoms with Crippen molar-refractivity contribution in [2.24, 2.45) is 0 Å².